The summed E-state index contributed by atoms with van der Waals surface area (Å²) < 4.78 is 5.59. The molecule has 5 heteroatoms. The standard InChI is InChI=1S/C18H26N2O3/c21-17-8-4-7-16(17)19-10-12-20(13-11-19)18(22)9-14-23-15-5-2-1-3-6-15/h1-3,5-6,16-17,21H,4,7-14H2/t16-,17+/m1/s1. The van der Waals surface area contributed by atoms with Crippen molar-refractivity contribution in [2.24, 2.45) is 0 Å². The van der Waals surface area contributed by atoms with Crippen molar-refractivity contribution in [2.45, 2.75) is 37.8 Å². The van der Waals surface area contributed by atoms with E-state index in [-0.39, 0.29) is 12.0 Å². The van der Waals surface area contributed by atoms with Gasteiger partial charge in [0.2, 0.25) is 5.91 Å². The Balaban J connectivity index is 1.38. The molecule has 1 heterocycles. The molecule has 1 aromatic carbocycles. The van der Waals surface area contributed by atoms with Gasteiger partial charge in [0.15, 0.2) is 0 Å². The Morgan fingerprint density at radius 2 is 1.87 bits per heavy atom. The predicted octanol–water partition coefficient (Wildman–Crippen LogP) is 1.51. The van der Waals surface area contributed by atoms with Gasteiger partial charge in [-0.05, 0) is 31.4 Å². The molecule has 2 aliphatic rings. The van der Waals surface area contributed by atoms with Crippen molar-refractivity contribution in [2.75, 3.05) is 32.8 Å². The summed E-state index contributed by atoms with van der Waals surface area (Å²) in [7, 11) is 0. The average molecular weight is 318 g/mol. The largest absolute Gasteiger partial charge is 0.493 e. The van der Waals surface area contributed by atoms with Crippen molar-refractivity contribution in [1.82, 2.24) is 9.80 Å². The number of amides is 1. The van der Waals surface area contributed by atoms with Gasteiger partial charge in [0.25, 0.3) is 0 Å². The van der Waals surface area contributed by atoms with E-state index in [1.165, 1.54) is 0 Å². The van der Waals surface area contributed by atoms with E-state index < -0.39 is 0 Å². The maximum atomic E-state index is 12.3. The van der Waals surface area contributed by atoms with Gasteiger partial charge in [0, 0.05) is 32.2 Å². The summed E-state index contributed by atoms with van der Waals surface area (Å²) in [6.07, 6.45) is 3.35. The zero-order valence-corrected chi connectivity index (χ0v) is 13.6. The van der Waals surface area contributed by atoms with Crippen molar-refractivity contribution in [3.05, 3.63) is 30.3 Å². The minimum Gasteiger partial charge on any atom is -0.493 e. The fourth-order valence-electron chi connectivity index (χ4n) is 3.58. The lowest BCUT2D eigenvalue weighted by molar-refractivity contribution is -0.134. The molecule has 1 aliphatic heterocycles. The van der Waals surface area contributed by atoms with E-state index in [4.69, 9.17) is 4.74 Å². The maximum Gasteiger partial charge on any atom is 0.226 e. The summed E-state index contributed by atoms with van der Waals surface area (Å²) in [5.41, 5.74) is 0. The van der Waals surface area contributed by atoms with Crippen molar-refractivity contribution >= 4 is 5.91 Å². The zero-order valence-electron chi connectivity index (χ0n) is 13.6. The van der Waals surface area contributed by atoms with Crippen LogP contribution in [0, 0.1) is 0 Å². The topological polar surface area (TPSA) is 53.0 Å². The highest BCUT2D eigenvalue weighted by molar-refractivity contribution is 5.76. The molecule has 0 aromatic heterocycles. The average Bonchev–Trinajstić information content (AvgIpc) is 3.02. The smallest absolute Gasteiger partial charge is 0.226 e. The van der Waals surface area contributed by atoms with Crippen LogP contribution in [0.3, 0.4) is 0 Å². The summed E-state index contributed by atoms with van der Waals surface area (Å²) in [5, 5.41) is 10.0. The number of carbonyl (C=O) groups excluding carboxylic acids is 1. The molecule has 1 N–H and O–H groups in total. The Morgan fingerprint density at radius 1 is 1.13 bits per heavy atom. The lowest BCUT2D eigenvalue weighted by Crippen LogP contribution is -2.53. The molecule has 1 amide bonds. The molecule has 0 radical (unpaired) electrons. The quantitative estimate of drug-likeness (QED) is 0.894. The minimum absolute atomic E-state index is 0.160. The third-order valence-corrected chi connectivity index (χ3v) is 4.91. The van der Waals surface area contributed by atoms with Crippen LogP contribution in [0.5, 0.6) is 5.75 Å². The number of aliphatic hydroxyl groups excluding tert-OH is 1. The maximum absolute atomic E-state index is 12.3. The summed E-state index contributed by atoms with van der Waals surface area (Å²) in [5.74, 6) is 0.966. The van der Waals surface area contributed by atoms with Gasteiger partial charge in [-0.1, -0.05) is 18.2 Å². The summed E-state index contributed by atoms with van der Waals surface area (Å²) in [6.45, 7) is 3.67. The number of carbonyl (C=O) groups is 1. The van der Waals surface area contributed by atoms with Gasteiger partial charge >= 0.3 is 0 Å². The first kappa shape index (κ1) is 16.3. The number of piperazine rings is 1. The third kappa shape index (κ3) is 4.24. The summed E-state index contributed by atoms with van der Waals surface area (Å²) >= 11 is 0. The van der Waals surface area contributed by atoms with Gasteiger partial charge in [-0.15, -0.1) is 0 Å². The highest BCUT2D eigenvalue weighted by Gasteiger charge is 2.33. The third-order valence-electron chi connectivity index (χ3n) is 4.91. The Labute approximate surface area is 137 Å². The van der Waals surface area contributed by atoms with Crippen molar-refractivity contribution in [3.63, 3.8) is 0 Å². The van der Waals surface area contributed by atoms with Crippen LogP contribution in [-0.2, 0) is 4.79 Å². The van der Waals surface area contributed by atoms with Gasteiger partial charge in [0.05, 0.1) is 19.1 Å². The number of para-hydroxylation sites is 1. The molecular weight excluding hydrogens is 292 g/mol. The van der Waals surface area contributed by atoms with Crippen LogP contribution in [0.15, 0.2) is 30.3 Å². The zero-order chi connectivity index (χ0) is 16.1. The molecule has 1 saturated carbocycles. The second-order valence-corrected chi connectivity index (χ2v) is 6.39. The normalized spacial score (nSPS) is 25.5. The Hall–Kier alpha value is -1.59. The Morgan fingerprint density at radius 3 is 2.52 bits per heavy atom. The van der Waals surface area contributed by atoms with Crippen LogP contribution >= 0.6 is 0 Å². The fourth-order valence-corrected chi connectivity index (χ4v) is 3.58. The van der Waals surface area contributed by atoms with Crippen molar-refractivity contribution in [1.29, 1.82) is 0 Å². The molecule has 0 unspecified atom stereocenters. The van der Waals surface area contributed by atoms with Crippen LogP contribution in [0.1, 0.15) is 25.7 Å². The number of ether oxygens (including phenoxy) is 1. The molecule has 1 aromatic rings. The number of nitrogens with zero attached hydrogens (tertiary/aromatic N) is 2. The van der Waals surface area contributed by atoms with E-state index in [0.29, 0.717) is 19.1 Å². The van der Waals surface area contributed by atoms with Crippen LogP contribution in [0.2, 0.25) is 0 Å². The molecular formula is C18H26N2O3. The lowest BCUT2D eigenvalue weighted by atomic mass is 10.1. The number of hydrogen-bond donors (Lipinski definition) is 1. The van der Waals surface area contributed by atoms with E-state index in [0.717, 1.165) is 51.2 Å². The molecule has 126 valence electrons. The molecule has 1 aliphatic carbocycles. The van der Waals surface area contributed by atoms with E-state index >= 15 is 0 Å². The Kier molecular flexibility index (Phi) is 5.51. The van der Waals surface area contributed by atoms with Gasteiger partial charge in [-0.3, -0.25) is 9.69 Å². The second kappa shape index (κ2) is 7.79. The fraction of sp³-hybridized carbons (Fsp3) is 0.611. The monoisotopic (exact) mass is 318 g/mol. The minimum atomic E-state index is -0.184. The Bertz CT molecular complexity index is 500. The van der Waals surface area contributed by atoms with Gasteiger partial charge in [-0.25, -0.2) is 0 Å². The predicted molar refractivity (Wildman–Crippen MR) is 88.4 cm³/mol. The molecule has 0 spiro atoms. The first-order valence-electron chi connectivity index (χ1n) is 8.62. The highest BCUT2D eigenvalue weighted by Crippen LogP contribution is 2.25. The molecule has 2 fully saturated rings. The van der Waals surface area contributed by atoms with E-state index in [1.54, 1.807) is 0 Å². The van der Waals surface area contributed by atoms with Gasteiger partial charge in [-0.2, -0.15) is 0 Å². The van der Waals surface area contributed by atoms with Gasteiger partial charge in [0.1, 0.15) is 5.75 Å². The van der Waals surface area contributed by atoms with Gasteiger partial charge < -0.3 is 14.7 Å². The SMILES string of the molecule is O=C(CCOc1ccccc1)N1CCN([C@@H]2CCC[C@@H]2O)CC1. The molecule has 2 atom stereocenters. The number of aliphatic hydroxyl groups is 1. The second-order valence-electron chi connectivity index (χ2n) is 6.39. The first-order chi connectivity index (χ1) is 11.2. The van der Waals surface area contributed by atoms with Crippen molar-refractivity contribution < 1.29 is 14.6 Å². The molecule has 5 nitrogen and oxygen atoms in total. The van der Waals surface area contributed by atoms with Crippen LogP contribution < -0.4 is 4.74 Å². The van der Waals surface area contributed by atoms with Crippen LogP contribution in [-0.4, -0.2) is 65.7 Å². The molecule has 1 saturated heterocycles. The van der Waals surface area contributed by atoms with E-state index in [1.807, 2.05) is 35.2 Å². The van der Waals surface area contributed by atoms with E-state index in [2.05, 4.69) is 4.90 Å². The number of benzene rings is 1. The summed E-state index contributed by atoms with van der Waals surface area (Å²) in [4.78, 5) is 16.5. The van der Waals surface area contributed by atoms with Crippen LogP contribution in [0.4, 0.5) is 0 Å². The lowest BCUT2D eigenvalue weighted by Gasteiger charge is -2.39. The molecule has 0 bridgehead atoms. The molecule has 3 rings (SSSR count). The highest BCUT2D eigenvalue weighted by atomic mass is 16.5. The van der Waals surface area contributed by atoms with E-state index in [9.17, 15) is 9.90 Å². The van der Waals surface area contributed by atoms with Crippen LogP contribution in [0.25, 0.3) is 0 Å². The number of hydrogen-bond acceptors (Lipinski definition) is 4. The van der Waals surface area contributed by atoms with Crippen molar-refractivity contribution in [3.8, 4) is 5.75 Å². The number of rotatable bonds is 5. The molecule has 23 heavy (non-hydrogen) atoms. The summed E-state index contributed by atoms with van der Waals surface area (Å²) in [6, 6.07) is 9.89. The first-order valence-corrected chi connectivity index (χ1v) is 8.62.